The molecule has 4 nitrogen and oxygen atoms in total. The SMILES string of the molecule is CC(Cl)C(=O)N(CC(=O)N(C)C)CC(F)(F)F. The lowest BCUT2D eigenvalue weighted by Crippen LogP contribution is -2.47. The van der Waals surface area contributed by atoms with Crippen molar-refractivity contribution in [3.05, 3.63) is 0 Å². The van der Waals surface area contributed by atoms with Crippen molar-refractivity contribution in [2.24, 2.45) is 0 Å². The smallest absolute Gasteiger partial charge is 0.347 e. The fraction of sp³-hybridized carbons (Fsp3) is 0.778. The molecule has 0 aromatic heterocycles. The molecular formula is C9H14ClF3N2O2. The molecule has 17 heavy (non-hydrogen) atoms. The van der Waals surface area contributed by atoms with Crippen molar-refractivity contribution in [3.8, 4) is 0 Å². The molecule has 1 atom stereocenters. The molecule has 0 N–H and O–H groups in total. The maximum atomic E-state index is 12.2. The minimum atomic E-state index is -4.56. The molecule has 0 saturated heterocycles. The fourth-order valence-corrected chi connectivity index (χ4v) is 1.12. The second kappa shape index (κ2) is 6.09. The van der Waals surface area contributed by atoms with E-state index in [1.807, 2.05) is 0 Å². The summed E-state index contributed by atoms with van der Waals surface area (Å²) in [5.74, 6) is -1.51. The molecule has 8 heteroatoms. The van der Waals surface area contributed by atoms with E-state index in [4.69, 9.17) is 11.6 Å². The third-order valence-electron chi connectivity index (χ3n) is 1.85. The highest BCUT2D eigenvalue weighted by Crippen LogP contribution is 2.17. The molecule has 0 rings (SSSR count). The van der Waals surface area contributed by atoms with E-state index in [-0.39, 0.29) is 0 Å². The highest BCUT2D eigenvalue weighted by Gasteiger charge is 2.35. The average Bonchev–Trinajstić information content (AvgIpc) is 2.12. The van der Waals surface area contributed by atoms with Gasteiger partial charge in [-0.1, -0.05) is 0 Å². The molecule has 2 amide bonds. The second-order valence-corrected chi connectivity index (χ2v) is 4.37. The van der Waals surface area contributed by atoms with Crippen molar-refractivity contribution < 1.29 is 22.8 Å². The van der Waals surface area contributed by atoms with E-state index < -0.39 is 36.5 Å². The van der Waals surface area contributed by atoms with Crippen molar-refractivity contribution in [1.82, 2.24) is 9.80 Å². The lowest BCUT2D eigenvalue weighted by atomic mass is 10.3. The lowest BCUT2D eigenvalue weighted by Gasteiger charge is -2.25. The van der Waals surface area contributed by atoms with Gasteiger partial charge in [0.15, 0.2) is 0 Å². The number of likely N-dealkylation sites (N-methyl/N-ethyl adjacent to an activating group) is 1. The summed E-state index contributed by atoms with van der Waals surface area (Å²) in [7, 11) is 2.78. The van der Waals surface area contributed by atoms with Gasteiger partial charge in [-0.3, -0.25) is 9.59 Å². The zero-order chi connectivity index (χ0) is 13.8. The van der Waals surface area contributed by atoms with Gasteiger partial charge in [0.2, 0.25) is 11.8 Å². The molecular weight excluding hydrogens is 261 g/mol. The van der Waals surface area contributed by atoms with Gasteiger partial charge in [-0.25, -0.2) is 0 Å². The van der Waals surface area contributed by atoms with Gasteiger partial charge in [0.05, 0.1) is 0 Å². The summed E-state index contributed by atoms with van der Waals surface area (Å²) in [4.78, 5) is 24.2. The quantitative estimate of drug-likeness (QED) is 0.720. The first kappa shape index (κ1) is 16.0. The number of hydrogen-bond donors (Lipinski definition) is 0. The number of amides is 2. The number of rotatable bonds is 4. The van der Waals surface area contributed by atoms with Gasteiger partial charge in [0, 0.05) is 14.1 Å². The Morgan fingerprint density at radius 1 is 1.29 bits per heavy atom. The van der Waals surface area contributed by atoms with Crippen LogP contribution in [0.4, 0.5) is 13.2 Å². The van der Waals surface area contributed by atoms with Crippen molar-refractivity contribution in [2.75, 3.05) is 27.2 Å². The van der Waals surface area contributed by atoms with Gasteiger partial charge in [-0.05, 0) is 6.92 Å². The number of nitrogens with zero attached hydrogens (tertiary/aromatic N) is 2. The first-order valence-corrected chi connectivity index (χ1v) is 5.18. The van der Waals surface area contributed by atoms with Crippen molar-refractivity contribution in [3.63, 3.8) is 0 Å². The molecule has 100 valence electrons. The average molecular weight is 275 g/mol. The molecule has 0 aliphatic carbocycles. The number of halogens is 4. The van der Waals surface area contributed by atoms with E-state index in [2.05, 4.69) is 0 Å². The molecule has 0 saturated carbocycles. The molecule has 0 heterocycles. The van der Waals surface area contributed by atoms with Gasteiger partial charge in [-0.2, -0.15) is 13.2 Å². The normalized spacial score (nSPS) is 13.1. The molecule has 0 aromatic carbocycles. The minimum absolute atomic E-state index is 0.403. The number of hydrogen-bond acceptors (Lipinski definition) is 2. The summed E-state index contributed by atoms with van der Waals surface area (Å²) in [6.07, 6.45) is -4.56. The number of carbonyl (C=O) groups is 2. The zero-order valence-corrected chi connectivity index (χ0v) is 10.5. The van der Waals surface area contributed by atoms with Gasteiger partial charge < -0.3 is 9.80 Å². The summed E-state index contributed by atoms with van der Waals surface area (Å²) in [5.41, 5.74) is 0. The first-order valence-electron chi connectivity index (χ1n) is 4.74. The summed E-state index contributed by atoms with van der Waals surface area (Å²) >= 11 is 5.43. The summed E-state index contributed by atoms with van der Waals surface area (Å²) in [5, 5.41) is -1.10. The highest BCUT2D eigenvalue weighted by atomic mass is 35.5. The van der Waals surface area contributed by atoms with Crippen LogP contribution in [0.3, 0.4) is 0 Å². The monoisotopic (exact) mass is 274 g/mol. The van der Waals surface area contributed by atoms with Crippen LogP contribution in [0.15, 0.2) is 0 Å². The Labute approximate surface area is 102 Å². The van der Waals surface area contributed by atoms with Crippen LogP contribution in [-0.4, -0.2) is 60.4 Å². The van der Waals surface area contributed by atoms with Crippen LogP contribution in [0.1, 0.15) is 6.92 Å². The van der Waals surface area contributed by atoms with Gasteiger partial charge in [-0.15, -0.1) is 11.6 Å². The van der Waals surface area contributed by atoms with Crippen LogP contribution in [0.5, 0.6) is 0 Å². The Bertz CT molecular complexity index is 292. The molecule has 1 unspecified atom stereocenters. The molecule has 0 bridgehead atoms. The van der Waals surface area contributed by atoms with Crippen LogP contribution in [0.25, 0.3) is 0 Å². The Morgan fingerprint density at radius 2 is 1.76 bits per heavy atom. The van der Waals surface area contributed by atoms with E-state index in [0.717, 1.165) is 4.90 Å². The Hall–Kier alpha value is -0.980. The largest absolute Gasteiger partial charge is 0.406 e. The molecule has 0 spiro atoms. The van der Waals surface area contributed by atoms with E-state index in [1.54, 1.807) is 0 Å². The van der Waals surface area contributed by atoms with Crippen LogP contribution in [-0.2, 0) is 9.59 Å². The topological polar surface area (TPSA) is 40.6 Å². The predicted molar refractivity (Wildman–Crippen MR) is 56.6 cm³/mol. The fourth-order valence-electron chi connectivity index (χ4n) is 0.984. The van der Waals surface area contributed by atoms with Crippen LogP contribution in [0, 0.1) is 0 Å². The Balaban J connectivity index is 4.75. The summed E-state index contributed by atoms with van der Waals surface area (Å²) < 4.78 is 36.7. The summed E-state index contributed by atoms with van der Waals surface area (Å²) in [6, 6.07) is 0. The summed E-state index contributed by atoms with van der Waals surface area (Å²) in [6.45, 7) is -0.863. The van der Waals surface area contributed by atoms with Gasteiger partial charge >= 0.3 is 6.18 Å². The van der Waals surface area contributed by atoms with Crippen molar-refractivity contribution in [2.45, 2.75) is 18.5 Å². The number of carbonyl (C=O) groups excluding carboxylic acids is 2. The van der Waals surface area contributed by atoms with Crippen LogP contribution < -0.4 is 0 Å². The first-order chi connectivity index (χ1) is 7.54. The van der Waals surface area contributed by atoms with E-state index >= 15 is 0 Å². The third kappa shape index (κ3) is 6.35. The molecule has 0 aromatic rings. The standard InChI is InChI=1S/C9H14ClF3N2O2/c1-6(10)8(17)15(5-9(11,12)13)4-7(16)14(2)3/h6H,4-5H2,1-3H3. The molecule has 0 aliphatic heterocycles. The second-order valence-electron chi connectivity index (χ2n) is 3.71. The predicted octanol–water partition coefficient (Wildman–Crippen LogP) is 1.09. The Morgan fingerprint density at radius 3 is 2.06 bits per heavy atom. The minimum Gasteiger partial charge on any atom is -0.347 e. The highest BCUT2D eigenvalue weighted by molar-refractivity contribution is 6.30. The van der Waals surface area contributed by atoms with Gasteiger partial charge in [0.1, 0.15) is 18.5 Å². The Kier molecular flexibility index (Phi) is 5.74. The maximum Gasteiger partial charge on any atom is 0.406 e. The molecule has 0 aliphatic rings. The molecule has 0 fully saturated rings. The lowest BCUT2D eigenvalue weighted by molar-refractivity contribution is -0.163. The van der Waals surface area contributed by atoms with Crippen LogP contribution in [0.2, 0.25) is 0 Å². The maximum absolute atomic E-state index is 12.2. The van der Waals surface area contributed by atoms with Crippen molar-refractivity contribution >= 4 is 23.4 Å². The third-order valence-corrected chi connectivity index (χ3v) is 2.03. The molecule has 0 radical (unpaired) electrons. The van der Waals surface area contributed by atoms with Crippen LogP contribution >= 0.6 is 11.6 Å². The van der Waals surface area contributed by atoms with E-state index in [0.29, 0.717) is 4.90 Å². The van der Waals surface area contributed by atoms with Gasteiger partial charge in [0.25, 0.3) is 0 Å². The van der Waals surface area contributed by atoms with E-state index in [1.165, 1.54) is 21.0 Å². The zero-order valence-electron chi connectivity index (χ0n) is 9.71. The number of alkyl halides is 4. The van der Waals surface area contributed by atoms with E-state index in [9.17, 15) is 22.8 Å². The van der Waals surface area contributed by atoms with Crippen molar-refractivity contribution in [1.29, 1.82) is 0 Å².